The fourth-order valence-electron chi connectivity index (χ4n) is 2.88. The van der Waals surface area contributed by atoms with Crippen molar-refractivity contribution in [2.24, 2.45) is 5.73 Å². The molecule has 0 aromatic heterocycles. The molecule has 1 amide bonds. The Morgan fingerprint density at radius 1 is 1.43 bits per heavy atom. The fraction of sp³-hybridized carbons (Fsp3) is 0.533. The molecular weight excluding hydrogens is 274 g/mol. The van der Waals surface area contributed by atoms with Gasteiger partial charge in [0.25, 0.3) is 0 Å². The highest BCUT2D eigenvalue weighted by Gasteiger charge is 2.56. The van der Waals surface area contributed by atoms with Gasteiger partial charge >= 0.3 is 6.09 Å². The second kappa shape index (κ2) is 6.01. The molecule has 5 atom stereocenters. The molecule has 114 valence electrons. The van der Waals surface area contributed by atoms with Crippen molar-refractivity contribution >= 4 is 6.09 Å². The quantitative estimate of drug-likeness (QED) is 0.787. The van der Waals surface area contributed by atoms with Crippen LogP contribution in [-0.4, -0.2) is 50.3 Å². The Morgan fingerprint density at radius 2 is 2.19 bits per heavy atom. The van der Waals surface area contributed by atoms with E-state index < -0.39 is 18.3 Å². The molecule has 0 spiro atoms. The highest BCUT2D eigenvalue weighted by atomic mass is 16.7. The number of methoxy groups -OCH3 is 1. The van der Waals surface area contributed by atoms with Crippen LogP contribution in [0.4, 0.5) is 4.79 Å². The topological polar surface area (TPSA) is 83.3 Å². The maximum Gasteiger partial charge on any atom is 0.404 e. The van der Waals surface area contributed by atoms with Crippen LogP contribution < -0.4 is 5.73 Å². The second-order valence-electron chi connectivity index (χ2n) is 5.30. The number of ether oxygens (including phenoxy) is 4. The van der Waals surface area contributed by atoms with Gasteiger partial charge in [-0.2, -0.15) is 0 Å². The zero-order chi connectivity index (χ0) is 14.8. The molecule has 3 rings (SSSR count). The van der Waals surface area contributed by atoms with Crippen molar-refractivity contribution in [3.05, 3.63) is 35.9 Å². The molecule has 0 radical (unpaired) electrons. The number of fused-ring (bicyclic) bond motifs is 1. The van der Waals surface area contributed by atoms with Gasteiger partial charge in [0, 0.05) is 13.5 Å². The van der Waals surface area contributed by atoms with Gasteiger partial charge in [0.1, 0.15) is 30.5 Å². The molecule has 1 aromatic carbocycles. The van der Waals surface area contributed by atoms with Crippen LogP contribution in [-0.2, 0) is 25.4 Å². The number of rotatable bonds is 6. The molecule has 2 aliphatic rings. The van der Waals surface area contributed by atoms with Crippen molar-refractivity contribution in [1.29, 1.82) is 0 Å². The number of epoxide rings is 1. The monoisotopic (exact) mass is 293 g/mol. The number of carbonyl (C=O) groups excluding carboxylic acids is 1. The molecule has 2 heterocycles. The number of amides is 1. The van der Waals surface area contributed by atoms with Crippen LogP contribution in [0.15, 0.2) is 30.3 Å². The lowest BCUT2D eigenvalue weighted by atomic mass is 9.98. The molecule has 6 nitrogen and oxygen atoms in total. The summed E-state index contributed by atoms with van der Waals surface area (Å²) in [6, 6.07) is 9.74. The van der Waals surface area contributed by atoms with Gasteiger partial charge in [-0.3, -0.25) is 0 Å². The van der Waals surface area contributed by atoms with Gasteiger partial charge in [-0.05, 0) is 5.56 Å². The molecule has 2 saturated heterocycles. The molecule has 21 heavy (non-hydrogen) atoms. The van der Waals surface area contributed by atoms with Crippen LogP contribution in [0.3, 0.4) is 0 Å². The number of hydrogen-bond acceptors (Lipinski definition) is 5. The second-order valence-corrected chi connectivity index (χ2v) is 5.30. The molecule has 0 saturated carbocycles. The van der Waals surface area contributed by atoms with Gasteiger partial charge in [0.2, 0.25) is 0 Å². The summed E-state index contributed by atoms with van der Waals surface area (Å²) in [6.07, 6.45) is -1.27. The Hall–Kier alpha value is -1.63. The van der Waals surface area contributed by atoms with Crippen molar-refractivity contribution in [3.63, 3.8) is 0 Å². The van der Waals surface area contributed by atoms with E-state index >= 15 is 0 Å². The van der Waals surface area contributed by atoms with E-state index in [0.29, 0.717) is 13.0 Å². The van der Waals surface area contributed by atoms with Gasteiger partial charge in [0.15, 0.2) is 0 Å². The van der Waals surface area contributed by atoms with Crippen LogP contribution in [0.1, 0.15) is 5.56 Å². The van der Waals surface area contributed by atoms with Gasteiger partial charge in [-0.1, -0.05) is 30.3 Å². The van der Waals surface area contributed by atoms with Crippen LogP contribution >= 0.6 is 0 Å². The molecule has 2 N–H and O–H groups in total. The van der Waals surface area contributed by atoms with Crippen molar-refractivity contribution in [2.75, 3.05) is 13.7 Å². The van der Waals surface area contributed by atoms with E-state index in [1.54, 1.807) is 7.11 Å². The lowest BCUT2D eigenvalue weighted by Gasteiger charge is -2.29. The maximum atomic E-state index is 11.2. The Balaban J connectivity index is 1.74. The zero-order valence-electron chi connectivity index (χ0n) is 11.8. The van der Waals surface area contributed by atoms with Gasteiger partial charge in [-0.25, -0.2) is 4.79 Å². The first kappa shape index (κ1) is 14.3. The first-order valence-corrected chi connectivity index (χ1v) is 6.99. The smallest absolute Gasteiger partial charge is 0.404 e. The summed E-state index contributed by atoms with van der Waals surface area (Å²) in [6.45, 7) is 0.559. The first-order valence-electron chi connectivity index (χ1n) is 6.99. The number of hydrogen-bond donors (Lipinski definition) is 1. The van der Waals surface area contributed by atoms with Gasteiger partial charge in [-0.15, -0.1) is 0 Å². The third-order valence-electron chi connectivity index (χ3n) is 3.91. The number of carbonyl (C=O) groups is 1. The molecule has 2 fully saturated rings. The highest BCUT2D eigenvalue weighted by Crippen LogP contribution is 2.37. The van der Waals surface area contributed by atoms with Crippen molar-refractivity contribution < 1.29 is 23.7 Å². The Morgan fingerprint density at radius 3 is 2.71 bits per heavy atom. The van der Waals surface area contributed by atoms with Crippen molar-refractivity contribution in [2.45, 2.75) is 36.9 Å². The Labute approximate surface area is 123 Å². The molecular formula is C15H19NO5. The predicted octanol–water partition coefficient (Wildman–Crippen LogP) is 0.874. The third kappa shape index (κ3) is 3.18. The average Bonchev–Trinajstić information content (AvgIpc) is 3.14. The fourth-order valence-corrected chi connectivity index (χ4v) is 2.88. The third-order valence-corrected chi connectivity index (χ3v) is 3.91. The minimum absolute atomic E-state index is 0.0321. The van der Waals surface area contributed by atoms with Gasteiger partial charge in [0.05, 0.1) is 6.61 Å². The van der Waals surface area contributed by atoms with E-state index in [0.717, 1.165) is 5.56 Å². The molecule has 2 aliphatic heterocycles. The van der Waals surface area contributed by atoms with E-state index in [2.05, 4.69) is 0 Å². The molecule has 1 unspecified atom stereocenters. The highest BCUT2D eigenvalue weighted by molar-refractivity contribution is 5.64. The predicted molar refractivity (Wildman–Crippen MR) is 73.8 cm³/mol. The van der Waals surface area contributed by atoms with Gasteiger partial charge < -0.3 is 24.7 Å². The summed E-state index contributed by atoms with van der Waals surface area (Å²) in [5.74, 6) is 0. The minimum atomic E-state index is -0.816. The average molecular weight is 293 g/mol. The summed E-state index contributed by atoms with van der Waals surface area (Å²) < 4.78 is 22.0. The van der Waals surface area contributed by atoms with E-state index in [9.17, 15) is 4.79 Å². The SMILES string of the molecule is COC([C@H](Cc1ccccc1)OC(N)=O)[C@H]1OC[C@H]2O[C@@H]12. The standard InChI is InChI=1S/C15H19NO5/c1-18-12(14-13-11(20-13)8-19-14)10(21-15(16)17)7-9-5-3-2-4-6-9/h2-6,10-14H,7-8H2,1H3,(H2,16,17)/t10-,11+,12?,13+,14+/m0/s1. The zero-order valence-corrected chi connectivity index (χ0v) is 11.8. The van der Waals surface area contributed by atoms with Crippen molar-refractivity contribution in [1.82, 2.24) is 0 Å². The summed E-state index contributed by atoms with van der Waals surface area (Å²) in [4.78, 5) is 11.2. The molecule has 0 bridgehead atoms. The molecule has 0 aliphatic carbocycles. The summed E-state index contributed by atoms with van der Waals surface area (Å²) in [7, 11) is 1.58. The number of benzene rings is 1. The minimum Gasteiger partial charge on any atom is -0.443 e. The number of primary amides is 1. The van der Waals surface area contributed by atoms with E-state index in [-0.39, 0.29) is 18.3 Å². The van der Waals surface area contributed by atoms with E-state index in [1.165, 1.54) is 0 Å². The number of nitrogens with two attached hydrogens (primary N) is 1. The molecule has 6 heteroatoms. The summed E-state index contributed by atoms with van der Waals surface area (Å²) in [5, 5.41) is 0. The summed E-state index contributed by atoms with van der Waals surface area (Å²) >= 11 is 0. The normalized spacial score (nSPS) is 29.5. The summed E-state index contributed by atoms with van der Waals surface area (Å²) in [5.41, 5.74) is 6.23. The van der Waals surface area contributed by atoms with Crippen molar-refractivity contribution in [3.8, 4) is 0 Å². The first-order chi connectivity index (χ1) is 10.2. The molecule has 1 aromatic rings. The van der Waals surface area contributed by atoms with Crippen LogP contribution in [0.25, 0.3) is 0 Å². The van der Waals surface area contributed by atoms with Crippen LogP contribution in [0, 0.1) is 0 Å². The Kier molecular flexibility index (Phi) is 4.10. The lowest BCUT2D eigenvalue weighted by molar-refractivity contribution is -0.112. The lowest BCUT2D eigenvalue weighted by Crippen LogP contribution is -2.46. The Bertz CT molecular complexity index is 494. The maximum absolute atomic E-state index is 11.2. The van der Waals surface area contributed by atoms with Crippen LogP contribution in [0.2, 0.25) is 0 Å². The van der Waals surface area contributed by atoms with E-state index in [4.69, 9.17) is 24.7 Å². The van der Waals surface area contributed by atoms with Crippen LogP contribution in [0.5, 0.6) is 0 Å². The van der Waals surface area contributed by atoms with E-state index in [1.807, 2.05) is 30.3 Å². The largest absolute Gasteiger partial charge is 0.443 e.